The van der Waals surface area contributed by atoms with Gasteiger partial charge in [0.2, 0.25) is 5.82 Å². The Morgan fingerprint density at radius 3 is 1.75 bits per heavy atom. The summed E-state index contributed by atoms with van der Waals surface area (Å²) in [4.78, 5) is 167. The van der Waals surface area contributed by atoms with Crippen LogP contribution in [0.2, 0.25) is 0 Å². The zero-order valence-corrected chi connectivity index (χ0v) is 57.1. The van der Waals surface area contributed by atoms with Crippen molar-refractivity contribution < 1.29 is 141 Å². The van der Waals surface area contributed by atoms with E-state index in [1.165, 1.54) is 13.8 Å². The lowest BCUT2D eigenvalue weighted by Crippen LogP contribution is -2.52. The molecule has 9 atom stereocenters. The van der Waals surface area contributed by atoms with E-state index in [2.05, 4.69) is 18.8 Å². The maximum atomic E-state index is 13.7. The zero-order chi connectivity index (χ0) is 71.3. The maximum absolute atomic E-state index is 13.7. The molecule has 2 aliphatic heterocycles. The number of amides is 2. The molecule has 2 N–H and O–H groups in total. The van der Waals surface area contributed by atoms with Gasteiger partial charge in [0.1, 0.15) is 15.0 Å². The molecule has 0 aromatic carbocycles. The van der Waals surface area contributed by atoms with E-state index in [9.17, 15) is 79.2 Å². The molecule has 1 fully saturated rings. The lowest BCUT2D eigenvalue weighted by atomic mass is 10.1. The molecule has 530 valence electrons. The molecule has 2 aliphatic rings. The smallest absolute Gasteiger partial charge is 0.347 e. The number of morpholine rings is 1. The summed E-state index contributed by atoms with van der Waals surface area (Å²) >= 11 is 1.29. The summed E-state index contributed by atoms with van der Waals surface area (Å²) in [5.74, 6) is -14.6. The first-order chi connectivity index (χ1) is 44.3. The first-order valence-electron chi connectivity index (χ1n) is 29.1. The van der Waals surface area contributed by atoms with Crippen molar-refractivity contribution in [1.29, 1.82) is 0 Å². The molecule has 4 rings (SSSR count). The minimum absolute atomic E-state index is 0.0490. The van der Waals surface area contributed by atoms with Gasteiger partial charge in [0, 0.05) is 37.2 Å². The van der Waals surface area contributed by atoms with Crippen molar-refractivity contribution in [2.24, 2.45) is 0 Å². The fourth-order valence-electron chi connectivity index (χ4n) is 8.13. The fourth-order valence-corrected chi connectivity index (χ4v) is 13.7. The molecule has 0 aliphatic carbocycles. The standard InChI is InChI=1S/C55H76N6O30S4/c1-13-56-38-20-28(2)94(75,76)54-37(38)21-45(92-54)95(77,78)59-47(69)29(3)87-52(73)33(7)90-53(74)34(8)89-51(72)32(6)86-41(65)15-14-40(64)81-25-42(66)80-24-39(63)61(55(10,11)12)22-36(23-83-48-46(57-93-58-48)60-16-18-79-19-17-60)91-44(68)27-82-43(67)26-84-49(70)30(4)88-50(71)31(5)85-35(9)62/h21,28-34,36,38,56H,13-20,22-27H2,1-12H3,(H,59,69)/t28-,29?,30?,31?,32?,33?,34?,36-,38-/m0/s1. The van der Waals surface area contributed by atoms with Gasteiger partial charge in [-0.05, 0) is 88.3 Å². The van der Waals surface area contributed by atoms with Crippen molar-refractivity contribution in [1.82, 2.24) is 23.7 Å². The van der Waals surface area contributed by atoms with Crippen molar-refractivity contribution in [3.8, 4) is 5.88 Å². The number of hydrogen-bond donors (Lipinski definition) is 2. The molecule has 0 spiro atoms. The predicted octanol–water partition coefficient (Wildman–Crippen LogP) is -0.361. The second kappa shape index (κ2) is 36.1. The third-order valence-corrected chi connectivity index (χ3v) is 19.3. The summed E-state index contributed by atoms with van der Waals surface area (Å²) in [6, 6.07) is 0.683. The summed E-state index contributed by atoms with van der Waals surface area (Å²) in [5.41, 5.74) is -0.854. The van der Waals surface area contributed by atoms with Crippen molar-refractivity contribution >= 4 is 126 Å². The van der Waals surface area contributed by atoms with Gasteiger partial charge < -0.3 is 76.7 Å². The molecule has 2 aromatic rings. The van der Waals surface area contributed by atoms with Crippen LogP contribution in [0.25, 0.3) is 0 Å². The molecule has 0 radical (unpaired) electrons. The number of carbonyl (C=O) groups is 13. The van der Waals surface area contributed by atoms with Crippen molar-refractivity contribution in [3.63, 3.8) is 0 Å². The Kier molecular flexibility index (Phi) is 30.1. The molecular formula is C55H76N6O30S4. The molecular weight excluding hydrogens is 1350 g/mol. The Hall–Kier alpha value is -8.21. The number of thiophene rings is 1. The van der Waals surface area contributed by atoms with Crippen LogP contribution in [0.1, 0.15) is 114 Å². The fraction of sp³-hybridized carbons (Fsp3) is 0.655. The van der Waals surface area contributed by atoms with Crippen LogP contribution in [-0.4, -0.2) is 234 Å². The van der Waals surface area contributed by atoms with Crippen LogP contribution in [0.4, 0.5) is 5.82 Å². The number of nitrogens with one attached hydrogen (secondary N) is 2. The lowest BCUT2D eigenvalue weighted by Gasteiger charge is -2.37. The summed E-state index contributed by atoms with van der Waals surface area (Å²) in [7, 11) is -8.54. The van der Waals surface area contributed by atoms with Crippen molar-refractivity contribution in [2.75, 3.05) is 77.3 Å². The first-order valence-corrected chi connectivity index (χ1v) is 33.7. The molecule has 95 heavy (non-hydrogen) atoms. The molecule has 0 bridgehead atoms. The van der Waals surface area contributed by atoms with E-state index < -0.39 is 214 Å². The monoisotopic (exact) mass is 1430 g/mol. The van der Waals surface area contributed by atoms with Gasteiger partial charge in [-0.3, -0.25) is 24.0 Å². The second-order valence-corrected chi connectivity index (χ2v) is 27.9. The Labute approximate surface area is 553 Å². The molecule has 0 saturated carbocycles. The zero-order valence-electron chi connectivity index (χ0n) is 53.8. The molecule has 1 saturated heterocycles. The van der Waals surface area contributed by atoms with E-state index in [1.807, 2.05) is 4.90 Å². The van der Waals surface area contributed by atoms with Gasteiger partial charge in [-0.25, -0.2) is 59.9 Å². The molecule has 4 heterocycles. The molecule has 36 nitrogen and oxygen atoms in total. The van der Waals surface area contributed by atoms with Crippen LogP contribution in [0, 0.1) is 0 Å². The summed E-state index contributed by atoms with van der Waals surface area (Å²) in [5, 5.41) is 2.30. The molecule has 2 amide bonds. The van der Waals surface area contributed by atoms with Gasteiger partial charge in [-0.1, -0.05) is 6.92 Å². The van der Waals surface area contributed by atoms with E-state index in [0.717, 1.165) is 64.2 Å². The average molecular weight is 1430 g/mol. The number of rotatable bonds is 34. The highest BCUT2D eigenvalue weighted by Gasteiger charge is 2.41. The first kappa shape index (κ1) is 79.2. The van der Waals surface area contributed by atoms with E-state index in [-0.39, 0.29) is 22.1 Å². The Bertz CT molecular complexity index is 3360. The third-order valence-electron chi connectivity index (χ3n) is 13.1. The number of nitrogens with zero attached hydrogens (tertiary/aromatic N) is 4. The number of aromatic nitrogens is 2. The summed E-state index contributed by atoms with van der Waals surface area (Å²) < 4.78 is 128. The number of sulfonamides is 1. The SMILES string of the molecule is CCN[C@H]1C[C@H](C)S(=O)(=O)c2sc(S(=O)(=O)NC(=O)C(C)OC(=O)C(C)OC(=O)C(C)OC(=O)C(C)OC(=O)CCC(=O)OCC(=O)OCC(=O)N(C[C@@H](COc3nsnc3N3CCOCC3)OC(=O)COC(=O)COC(=O)C(C)OC(=O)C(C)OC(C)=O)C(C)(C)C)cc21. The van der Waals surface area contributed by atoms with Crippen LogP contribution in [0.3, 0.4) is 0 Å². The number of carbonyl (C=O) groups excluding carboxylic acids is 13. The molecule has 6 unspecified atom stereocenters. The minimum Gasteiger partial charge on any atom is -0.470 e. The van der Waals surface area contributed by atoms with Crippen LogP contribution in [-0.2, 0) is 139 Å². The van der Waals surface area contributed by atoms with E-state index in [1.54, 1.807) is 32.4 Å². The van der Waals surface area contributed by atoms with Crippen LogP contribution >= 0.6 is 23.1 Å². The van der Waals surface area contributed by atoms with Crippen molar-refractivity contribution in [2.45, 2.75) is 170 Å². The normalized spacial score (nSPS) is 17.3. The highest BCUT2D eigenvalue weighted by atomic mass is 32.3. The second-order valence-electron chi connectivity index (χ2n) is 21.9. The highest BCUT2D eigenvalue weighted by molar-refractivity contribution is 7.95. The predicted molar refractivity (Wildman–Crippen MR) is 319 cm³/mol. The third kappa shape index (κ3) is 24.8. The summed E-state index contributed by atoms with van der Waals surface area (Å²) in [6.45, 7) is 12.7. The van der Waals surface area contributed by atoms with Gasteiger partial charge in [-0.2, -0.15) is 4.37 Å². The van der Waals surface area contributed by atoms with Crippen LogP contribution < -0.4 is 19.7 Å². The van der Waals surface area contributed by atoms with E-state index >= 15 is 0 Å². The maximum Gasteiger partial charge on any atom is 0.347 e. The van der Waals surface area contributed by atoms with Crippen molar-refractivity contribution in [3.05, 3.63) is 11.6 Å². The number of anilines is 1. The van der Waals surface area contributed by atoms with Gasteiger partial charge in [-0.15, -0.1) is 15.7 Å². The highest BCUT2D eigenvalue weighted by Crippen LogP contribution is 2.43. The minimum atomic E-state index is -4.67. The number of hydrogen-bond acceptors (Lipinski definition) is 36. The van der Waals surface area contributed by atoms with Gasteiger partial charge in [0.15, 0.2) is 79.0 Å². The average Bonchev–Trinajstić information content (AvgIpc) is 1.62. The van der Waals surface area contributed by atoms with Gasteiger partial charge in [0.05, 0.1) is 49.6 Å². The van der Waals surface area contributed by atoms with Crippen LogP contribution in [0.5, 0.6) is 5.88 Å². The molecule has 2 aromatic heterocycles. The molecule has 40 heteroatoms. The Balaban J connectivity index is 1.21. The Morgan fingerprint density at radius 2 is 1.18 bits per heavy atom. The van der Waals surface area contributed by atoms with E-state index in [4.69, 9.17) is 56.8 Å². The van der Waals surface area contributed by atoms with Gasteiger partial charge >= 0.3 is 65.7 Å². The quantitative estimate of drug-likeness (QED) is 0.0667. The number of ether oxygens (including phenoxy) is 13. The van der Waals surface area contributed by atoms with Crippen LogP contribution in [0.15, 0.2) is 14.5 Å². The number of sulfone groups is 1. The largest absolute Gasteiger partial charge is 0.470 e. The Morgan fingerprint density at radius 1 is 0.674 bits per heavy atom. The van der Waals surface area contributed by atoms with Gasteiger partial charge in [0.25, 0.3) is 27.7 Å². The number of esters is 11. The number of fused-ring (bicyclic) bond motifs is 1. The summed E-state index contributed by atoms with van der Waals surface area (Å²) in [6.07, 6.45) is -12.4. The lowest BCUT2D eigenvalue weighted by molar-refractivity contribution is -0.183. The van der Waals surface area contributed by atoms with E-state index in [0.29, 0.717) is 50.0 Å². The topological polar surface area (TPSA) is 467 Å².